The zero-order valence-corrected chi connectivity index (χ0v) is 12.4. The smallest absolute Gasteiger partial charge is 0.272 e. The minimum Gasteiger partial charge on any atom is -0.339 e. The Balaban J connectivity index is 1.97. The van der Waals surface area contributed by atoms with Crippen LogP contribution in [0.1, 0.15) is 24.3 Å². The summed E-state index contributed by atoms with van der Waals surface area (Å²) in [6.45, 7) is 5.98. The molecule has 5 nitrogen and oxygen atoms in total. The Morgan fingerprint density at radius 1 is 1.15 bits per heavy atom. The van der Waals surface area contributed by atoms with Crippen molar-refractivity contribution in [2.45, 2.75) is 13.8 Å². The summed E-state index contributed by atoms with van der Waals surface area (Å²) < 4.78 is 0. The molecule has 0 spiro atoms. The number of pyridine rings is 1. The van der Waals surface area contributed by atoms with Gasteiger partial charge in [0.1, 0.15) is 10.8 Å². The molecule has 0 atom stereocenters. The van der Waals surface area contributed by atoms with Gasteiger partial charge in [-0.25, -0.2) is 4.98 Å². The van der Waals surface area contributed by atoms with Gasteiger partial charge < -0.3 is 9.80 Å². The van der Waals surface area contributed by atoms with Gasteiger partial charge in [0.15, 0.2) is 0 Å². The van der Waals surface area contributed by atoms with Gasteiger partial charge in [-0.05, 0) is 12.1 Å². The number of halogens is 1. The molecule has 1 aromatic heterocycles. The normalized spacial score (nSPS) is 15.6. The van der Waals surface area contributed by atoms with E-state index in [2.05, 4.69) is 4.98 Å². The number of carbonyl (C=O) groups is 2. The average Bonchev–Trinajstić information content (AvgIpc) is 2.46. The molecule has 2 heterocycles. The van der Waals surface area contributed by atoms with Crippen molar-refractivity contribution in [3.63, 3.8) is 0 Å². The van der Waals surface area contributed by atoms with E-state index in [0.29, 0.717) is 37.0 Å². The summed E-state index contributed by atoms with van der Waals surface area (Å²) in [6.07, 6.45) is 0. The van der Waals surface area contributed by atoms with Gasteiger partial charge in [0.25, 0.3) is 5.91 Å². The molecule has 1 aliphatic heterocycles. The van der Waals surface area contributed by atoms with Gasteiger partial charge in [0.05, 0.1) is 0 Å². The predicted octanol–water partition coefficient (Wildman–Crippen LogP) is 1.68. The molecular weight excluding hydrogens is 278 g/mol. The van der Waals surface area contributed by atoms with Crippen LogP contribution in [0.25, 0.3) is 0 Å². The summed E-state index contributed by atoms with van der Waals surface area (Å²) in [6, 6.07) is 5.00. The molecule has 0 aliphatic carbocycles. The standard InChI is InChI=1S/C14H18ClN3O2/c1-10(2)13(19)17-6-8-18(9-7-17)14(20)11-4-3-5-12(15)16-11/h3-5,10H,6-9H2,1-2H3. The highest BCUT2D eigenvalue weighted by Crippen LogP contribution is 2.11. The lowest BCUT2D eigenvalue weighted by molar-refractivity contribution is -0.135. The summed E-state index contributed by atoms with van der Waals surface area (Å²) in [5.41, 5.74) is 0.348. The molecule has 1 aromatic rings. The maximum atomic E-state index is 12.3. The summed E-state index contributed by atoms with van der Waals surface area (Å²) >= 11 is 5.79. The highest BCUT2D eigenvalue weighted by atomic mass is 35.5. The maximum Gasteiger partial charge on any atom is 0.272 e. The lowest BCUT2D eigenvalue weighted by Gasteiger charge is -2.35. The van der Waals surface area contributed by atoms with E-state index in [4.69, 9.17) is 11.6 Å². The number of hydrogen-bond donors (Lipinski definition) is 0. The van der Waals surface area contributed by atoms with Crippen molar-refractivity contribution in [2.75, 3.05) is 26.2 Å². The van der Waals surface area contributed by atoms with Crippen LogP contribution in [0.5, 0.6) is 0 Å². The first-order valence-electron chi connectivity index (χ1n) is 6.69. The van der Waals surface area contributed by atoms with E-state index in [1.165, 1.54) is 0 Å². The number of aromatic nitrogens is 1. The Morgan fingerprint density at radius 2 is 1.75 bits per heavy atom. The minimum absolute atomic E-state index is 0.00755. The minimum atomic E-state index is -0.135. The van der Waals surface area contributed by atoms with Crippen LogP contribution in [-0.2, 0) is 4.79 Å². The maximum absolute atomic E-state index is 12.3. The molecular formula is C14H18ClN3O2. The molecule has 0 saturated carbocycles. The van der Waals surface area contributed by atoms with Crippen LogP contribution in [-0.4, -0.2) is 52.8 Å². The van der Waals surface area contributed by atoms with Gasteiger partial charge in [-0.2, -0.15) is 0 Å². The second-order valence-corrected chi connectivity index (χ2v) is 5.50. The number of nitrogens with zero attached hydrogens (tertiary/aromatic N) is 3. The summed E-state index contributed by atoms with van der Waals surface area (Å²) in [4.78, 5) is 31.7. The first-order chi connectivity index (χ1) is 9.49. The Hall–Kier alpha value is -1.62. The monoisotopic (exact) mass is 295 g/mol. The second-order valence-electron chi connectivity index (χ2n) is 5.12. The van der Waals surface area contributed by atoms with E-state index >= 15 is 0 Å². The van der Waals surface area contributed by atoms with Crippen LogP contribution in [0.2, 0.25) is 5.15 Å². The van der Waals surface area contributed by atoms with Crippen LogP contribution in [0.3, 0.4) is 0 Å². The van der Waals surface area contributed by atoms with Gasteiger partial charge in [-0.1, -0.05) is 31.5 Å². The number of piperazine rings is 1. The van der Waals surface area contributed by atoms with Crippen LogP contribution < -0.4 is 0 Å². The van der Waals surface area contributed by atoms with Gasteiger partial charge in [-0.15, -0.1) is 0 Å². The molecule has 1 saturated heterocycles. The highest BCUT2D eigenvalue weighted by Gasteiger charge is 2.26. The van der Waals surface area contributed by atoms with Crippen molar-refractivity contribution in [2.24, 2.45) is 5.92 Å². The van der Waals surface area contributed by atoms with Crippen LogP contribution >= 0.6 is 11.6 Å². The van der Waals surface area contributed by atoms with Crippen molar-refractivity contribution in [3.05, 3.63) is 29.0 Å². The van der Waals surface area contributed by atoms with Gasteiger partial charge in [-0.3, -0.25) is 9.59 Å². The molecule has 0 N–H and O–H groups in total. The zero-order valence-electron chi connectivity index (χ0n) is 11.7. The number of carbonyl (C=O) groups excluding carboxylic acids is 2. The number of hydrogen-bond acceptors (Lipinski definition) is 3. The summed E-state index contributed by atoms with van der Waals surface area (Å²) in [7, 11) is 0. The Labute approximate surface area is 123 Å². The Morgan fingerprint density at radius 3 is 2.30 bits per heavy atom. The highest BCUT2D eigenvalue weighted by molar-refractivity contribution is 6.29. The molecule has 2 rings (SSSR count). The fraction of sp³-hybridized carbons (Fsp3) is 0.500. The van der Waals surface area contributed by atoms with Crippen molar-refractivity contribution in [1.29, 1.82) is 0 Å². The Bertz CT molecular complexity index is 511. The molecule has 1 fully saturated rings. The largest absolute Gasteiger partial charge is 0.339 e. The molecule has 0 unspecified atom stereocenters. The van der Waals surface area contributed by atoms with E-state index in [1.807, 2.05) is 13.8 Å². The third-order valence-corrected chi connectivity index (χ3v) is 3.52. The van der Waals surface area contributed by atoms with E-state index in [-0.39, 0.29) is 17.7 Å². The van der Waals surface area contributed by atoms with E-state index < -0.39 is 0 Å². The van der Waals surface area contributed by atoms with Crippen LogP contribution in [0, 0.1) is 5.92 Å². The average molecular weight is 296 g/mol. The first kappa shape index (κ1) is 14.8. The third kappa shape index (κ3) is 3.28. The van der Waals surface area contributed by atoms with E-state index in [9.17, 15) is 9.59 Å². The van der Waals surface area contributed by atoms with Crippen molar-refractivity contribution >= 4 is 23.4 Å². The van der Waals surface area contributed by atoms with E-state index in [1.54, 1.807) is 28.0 Å². The molecule has 20 heavy (non-hydrogen) atoms. The number of rotatable bonds is 2. The fourth-order valence-corrected chi connectivity index (χ4v) is 2.35. The van der Waals surface area contributed by atoms with Gasteiger partial charge >= 0.3 is 0 Å². The fourth-order valence-electron chi connectivity index (χ4n) is 2.18. The molecule has 0 bridgehead atoms. The number of amides is 2. The lowest BCUT2D eigenvalue weighted by Crippen LogP contribution is -2.51. The topological polar surface area (TPSA) is 53.5 Å². The molecule has 6 heteroatoms. The summed E-state index contributed by atoms with van der Waals surface area (Å²) in [5, 5.41) is 0.310. The lowest BCUT2D eigenvalue weighted by atomic mass is 10.1. The first-order valence-corrected chi connectivity index (χ1v) is 7.07. The molecule has 0 aromatic carbocycles. The quantitative estimate of drug-likeness (QED) is 0.780. The van der Waals surface area contributed by atoms with Crippen molar-refractivity contribution < 1.29 is 9.59 Å². The zero-order chi connectivity index (χ0) is 14.7. The Kier molecular flexibility index (Phi) is 4.60. The van der Waals surface area contributed by atoms with Crippen LogP contribution in [0.4, 0.5) is 0 Å². The van der Waals surface area contributed by atoms with Crippen LogP contribution in [0.15, 0.2) is 18.2 Å². The SMILES string of the molecule is CC(C)C(=O)N1CCN(C(=O)c2cccc(Cl)n2)CC1. The summed E-state index contributed by atoms with van der Waals surface area (Å²) in [5.74, 6) is -0.00558. The van der Waals surface area contributed by atoms with Crippen molar-refractivity contribution in [3.8, 4) is 0 Å². The van der Waals surface area contributed by atoms with Gasteiger partial charge in [0, 0.05) is 32.1 Å². The van der Waals surface area contributed by atoms with Gasteiger partial charge in [0.2, 0.25) is 5.91 Å². The van der Waals surface area contributed by atoms with Crippen molar-refractivity contribution in [1.82, 2.24) is 14.8 Å². The molecule has 108 valence electrons. The predicted molar refractivity (Wildman–Crippen MR) is 76.6 cm³/mol. The molecule has 2 amide bonds. The molecule has 1 aliphatic rings. The van der Waals surface area contributed by atoms with E-state index in [0.717, 1.165) is 0 Å². The second kappa shape index (κ2) is 6.22. The molecule has 0 radical (unpaired) electrons. The third-order valence-electron chi connectivity index (χ3n) is 3.31.